The number of nitrogens with two attached hydrogens (primary N) is 1. The fourth-order valence-corrected chi connectivity index (χ4v) is 2.00. The third-order valence-corrected chi connectivity index (χ3v) is 2.93. The van der Waals surface area contributed by atoms with Crippen LogP contribution in [0.4, 0.5) is 16.3 Å². The number of amides is 2. The normalized spacial score (nSPS) is 12.6. The summed E-state index contributed by atoms with van der Waals surface area (Å²) in [5, 5.41) is 10.3. The molecule has 0 aliphatic carbocycles. The van der Waals surface area contributed by atoms with Crippen molar-refractivity contribution in [2.24, 2.45) is 0 Å². The molecule has 0 saturated heterocycles. The lowest BCUT2D eigenvalue weighted by atomic mass is 9.91. The van der Waals surface area contributed by atoms with E-state index in [1.807, 2.05) is 55.4 Å². The van der Waals surface area contributed by atoms with Gasteiger partial charge in [0, 0.05) is 11.5 Å². The van der Waals surface area contributed by atoms with E-state index < -0.39 is 0 Å². The van der Waals surface area contributed by atoms with Crippen molar-refractivity contribution >= 4 is 17.5 Å². The van der Waals surface area contributed by atoms with Crippen LogP contribution in [0.15, 0.2) is 0 Å². The van der Waals surface area contributed by atoms with Crippen molar-refractivity contribution in [3.8, 4) is 0 Å². The molecule has 1 rings (SSSR count). The number of nitrogen functional groups attached to an aromatic ring is 1. The monoisotopic (exact) mass is 295 g/mol. The zero-order valence-electron chi connectivity index (χ0n) is 14.5. The average Bonchev–Trinajstić information content (AvgIpc) is 2.53. The molecule has 0 aliphatic heterocycles. The first kappa shape index (κ1) is 17.3. The number of aromatic nitrogens is 2. The fourth-order valence-electron chi connectivity index (χ4n) is 2.00. The molecular weight excluding hydrogens is 266 g/mol. The van der Waals surface area contributed by atoms with Crippen LogP contribution in [-0.2, 0) is 11.0 Å². The molecule has 0 radical (unpaired) electrons. The summed E-state index contributed by atoms with van der Waals surface area (Å²) in [6.45, 7) is 16.1. The number of hydrogen-bond acceptors (Lipinski definition) is 3. The molecule has 4 N–H and O–H groups in total. The molecule has 0 spiro atoms. The molecule has 0 fully saturated rings. The van der Waals surface area contributed by atoms with Crippen LogP contribution < -0.4 is 16.4 Å². The van der Waals surface area contributed by atoms with Crippen molar-refractivity contribution in [1.29, 1.82) is 0 Å². The van der Waals surface area contributed by atoms with E-state index in [-0.39, 0.29) is 23.0 Å². The minimum absolute atomic E-state index is 0.0574. The van der Waals surface area contributed by atoms with Crippen molar-refractivity contribution < 1.29 is 4.79 Å². The molecule has 1 aromatic rings. The van der Waals surface area contributed by atoms with E-state index >= 15 is 0 Å². The minimum atomic E-state index is -0.268. The van der Waals surface area contributed by atoms with Gasteiger partial charge in [0.2, 0.25) is 0 Å². The third-order valence-electron chi connectivity index (χ3n) is 2.93. The molecule has 6 heteroatoms. The molecular formula is C15H29N5O. The average molecular weight is 295 g/mol. The molecule has 0 saturated carbocycles. The Morgan fingerprint density at radius 3 is 2.10 bits per heavy atom. The molecule has 120 valence electrons. The van der Waals surface area contributed by atoms with E-state index in [2.05, 4.69) is 15.7 Å². The van der Waals surface area contributed by atoms with Gasteiger partial charge in [0.1, 0.15) is 11.5 Å². The Bertz CT molecular complexity index is 517. The number of rotatable bonds is 2. The summed E-state index contributed by atoms with van der Waals surface area (Å²) in [6.07, 6.45) is 0. The second kappa shape index (κ2) is 5.58. The molecule has 0 aromatic carbocycles. The second-order valence-corrected chi connectivity index (χ2v) is 7.69. The number of urea groups is 1. The molecule has 1 heterocycles. The summed E-state index contributed by atoms with van der Waals surface area (Å²) in [4.78, 5) is 12.0. The van der Waals surface area contributed by atoms with Crippen LogP contribution in [0.5, 0.6) is 0 Å². The molecule has 0 atom stereocenters. The van der Waals surface area contributed by atoms with E-state index in [0.717, 1.165) is 5.69 Å². The Hall–Kier alpha value is -1.72. The minimum Gasteiger partial charge on any atom is -0.382 e. The standard InChI is InChI=1S/C15H29N5O/c1-9(2)17-13(21)18-10-11(14(3,4)5)19-20(12(10)16)15(6,7)8/h9H,16H2,1-8H3,(H2,17,18,21). The molecule has 1 aromatic heterocycles. The lowest BCUT2D eigenvalue weighted by molar-refractivity contribution is 0.250. The molecule has 2 amide bonds. The number of anilines is 2. The third kappa shape index (κ3) is 4.12. The van der Waals surface area contributed by atoms with E-state index in [4.69, 9.17) is 5.73 Å². The first-order valence-electron chi connectivity index (χ1n) is 7.31. The smallest absolute Gasteiger partial charge is 0.319 e. The Morgan fingerprint density at radius 1 is 1.19 bits per heavy atom. The SMILES string of the molecule is CC(C)NC(=O)Nc1c(C(C)(C)C)nn(C(C)(C)C)c1N. The predicted octanol–water partition coefficient (Wildman–Crippen LogP) is 3.05. The number of nitrogens with one attached hydrogen (secondary N) is 2. The molecule has 0 bridgehead atoms. The van der Waals surface area contributed by atoms with Crippen LogP contribution in [0.2, 0.25) is 0 Å². The zero-order valence-corrected chi connectivity index (χ0v) is 14.5. The van der Waals surface area contributed by atoms with Gasteiger partial charge in [-0.25, -0.2) is 9.48 Å². The van der Waals surface area contributed by atoms with E-state index in [1.165, 1.54) is 0 Å². The van der Waals surface area contributed by atoms with Crippen LogP contribution in [-0.4, -0.2) is 21.9 Å². The number of carbonyl (C=O) groups is 1. The molecule has 0 unspecified atom stereocenters. The van der Waals surface area contributed by atoms with Gasteiger partial charge < -0.3 is 16.4 Å². The van der Waals surface area contributed by atoms with Crippen molar-refractivity contribution in [3.05, 3.63) is 5.69 Å². The topological polar surface area (TPSA) is 85.0 Å². The Kier molecular flexibility index (Phi) is 4.60. The van der Waals surface area contributed by atoms with E-state index in [9.17, 15) is 4.79 Å². The second-order valence-electron chi connectivity index (χ2n) is 7.69. The van der Waals surface area contributed by atoms with Gasteiger partial charge in [-0.05, 0) is 34.6 Å². The summed E-state index contributed by atoms with van der Waals surface area (Å²) in [7, 11) is 0. The number of carbonyl (C=O) groups excluding carboxylic acids is 1. The van der Waals surface area contributed by atoms with Crippen LogP contribution >= 0.6 is 0 Å². The maximum absolute atomic E-state index is 12.0. The Balaban J connectivity index is 3.29. The van der Waals surface area contributed by atoms with Gasteiger partial charge in [0.05, 0.1) is 11.2 Å². The molecule has 0 aliphatic rings. The highest BCUT2D eigenvalue weighted by molar-refractivity contribution is 5.93. The van der Waals surface area contributed by atoms with E-state index in [0.29, 0.717) is 11.5 Å². The highest BCUT2D eigenvalue weighted by Gasteiger charge is 2.30. The first-order valence-corrected chi connectivity index (χ1v) is 7.31. The lowest BCUT2D eigenvalue weighted by Gasteiger charge is -2.21. The first-order chi connectivity index (χ1) is 9.34. The quantitative estimate of drug-likeness (QED) is 0.784. The maximum Gasteiger partial charge on any atom is 0.319 e. The lowest BCUT2D eigenvalue weighted by Crippen LogP contribution is -2.35. The van der Waals surface area contributed by atoms with Crippen molar-refractivity contribution in [1.82, 2.24) is 15.1 Å². The van der Waals surface area contributed by atoms with E-state index in [1.54, 1.807) is 4.68 Å². The summed E-state index contributed by atoms with van der Waals surface area (Å²) in [5.74, 6) is 0.478. The Labute approximate surface area is 127 Å². The van der Waals surface area contributed by atoms with Gasteiger partial charge >= 0.3 is 6.03 Å². The van der Waals surface area contributed by atoms with Gasteiger partial charge in [0.25, 0.3) is 0 Å². The zero-order chi connectivity index (χ0) is 16.6. The van der Waals surface area contributed by atoms with Crippen LogP contribution in [0.25, 0.3) is 0 Å². The predicted molar refractivity (Wildman–Crippen MR) is 87.6 cm³/mol. The molecule has 21 heavy (non-hydrogen) atoms. The van der Waals surface area contributed by atoms with Crippen molar-refractivity contribution in [2.45, 2.75) is 72.4 Å². The summed E-state index contributed by atoms with van der Waals surface area (Å²) in [5.41, 5.74) is 7.13. The number of hydrogen-bond donors (Lipinski definition) is 3. The molecule has 6 nitrogen and oxygen atoms in total. The van der Waals surface area contributed by atoms with Gasteiger partial charge in [-0.1, -0.05) is 20.8 Å². The van der Waals surface area contributed by atoms with Crippen molar-refractivity contribution in [2.75, 3.05) is 11.1 Å². The fraction of sp³-hybridized carbons (Fsp3) is 0.733. The Morgan fingerprint density at radius 2 is 1.71 bits per heavy atom. The highest BCUT2D eigenvalue weighted by Crippen LogP contribution is 2.35. The van der Waals surface area contributed by atoms with Crippen molar-refractivity contribution in [3.63, 3.8) is 0 Å². The van der Waals surface area contributed by atoms with Gasteiger partial charge in [0.15, 0.2) is 0 Å². The van der Waals surface area contributed by atoms with Gasteiger partial charge in [-0.2, -0.15) is 5.10 Å². The summed E-state index contributed by atoms with van der Waals surface area (Å²) in [6, 6.07) is -0.211. The van der Waals surface area contributed by atoms with Crippen LogP contribution in [0, 0.1) is 0 Å². The largest absolute Gasteiger partial charge is 0.382 e. The van der Waals surface area contributed by atoms with Crippen LogP contribution in [0.1, 0.15) is 61.1 Å². The summed E-state index contributed by atoms with van der Waals surface area (Å²) < 4.78 is 1.76. The number of nitrogens with zero attached hydrogens (tertiary/aromatic N) is 2. The van der Waals surface area contributed by atoms with Gasteiger partial charge in [-0.3, -0.25) is 0 Å². The highest BCUT2D eigenvalue weighted by atomic mass is 16.2. The van der Waals surface area contributed by atoms with Crippen LogP contribution in [0.3, 0.4) is 0 Å². The maximum atomic E-state index is 12.0. The summed E-state index contributed by atoms with van der Waals surface area (Å²) >= 11 is 0. The van der Waals surface area contributed by atoms with Gasteiger partial charge in [-0.15, -0.1) is 0 Å².